The first-order valence-electron chi connectivity index (χ1n) is 6.44. The van der Waals surface area contributed by atoms with Gasteiger partial charge >= 0.3 is 0 Å². The SMILES string of the molecule is CCN(C(=O)c1ccc(C)cc1O)C1CCNC1. The number of benzene rings is 1. The third-order valence-corrected chi connectivity index (χ3v) is 3.46. The second kappa shape index (κ2) is 5.40. The molecule has 0 aromatic heterocycles. The van der Waals surface area contributed by atoms with E-state index in [0.29, 0.717) is 12.1 Å². The molecular formula is C14H20N2O2. The lowest BCUT2D eigenvalue weighted by Gasteiger charge is -2.27. The number of rotatable bonds is 3. The Morgan fingerprint density at radius 3 is 2.89 bits per heavy atom. The van der Waals surface area contributed by atoms with Gasteiger partial charge in [0.15, 0.2) is 0 Å². The number of aromatic hydroxyl groups is 1. The van der Waals surface area contributed by atoms with E-state index in [1.807, 2.05) is 24.8 Å². The summed E-state index contributed by atoms with van der Waals surface area (Å²) in [6.07, 6.45) is 0.978. The van der Waals surface area contributed by atoms with Gasteiger partial charge in [-0.3, -0.25) is 4.79 Å². The minimum atomic E-state index is -0.0799. The van der Waals surface area contributed by atoms with Gasteiger partial charge in [-0.15, -0.1) is 0 Å². The molecule has 0 spiro atoms. The highest BCUT2D eigenvalue weighted by Crippen LogP contribution is 2.22. The molecule has 4 nitrogen and oxygen atoms in total. The maximum absolute atomic E-state index is 12.4. The first-order chi connectivity index (χ1) is 8.63. The van der Waals surface area contributed by atoms with Crippen LogP contribution < -0.4 is 5.32 Å². The number of carbonyl (C=O) groups excluding carboxylic acids is 1. The van der Waals surface area contributed by atoms with E-state index < -0.39 is 0 Å². The lowest BCUT2D eigenvalue weighted by atomic mass is 10.1. The molecule has 0 saturated carbocycles. The molecule has 0 radical (unpaired) electrons. The van der Waals surface area contributed by atoms with Crippen LogP contribution in [0.2, 0.25) is 0 Å². The molecule has 1 aromatic carbocycles. The molecule has 1 heterocycles. The fourth-order valence-electron chi connectivity index (χ4n) is 2.45. The number of phenolic OH excluding ortho intramolecular Hbond substituents is 1. The lowest BCUT2D eigenvalue weighted by Crippen LogP contribution is -2.41. The van der Waals surface area contributed by atoms with Gasteiger partial charge in [0, 0.05) is 19.1 Å². The van der Waals surface area contributed by atoms with Gasteiger partial charge in [-0.2, -0.15) is 0 Å². The molecule has 1 aromatic rings. The minimum Gasteiger partial charge on any atom is -0.507 e. The molecule has 0 bridgehead atoms. The zero-order valence-electron chi connectivity index (χ0n) is 10.9. The molecule has 1 aliphatic heterocycles. The second-order valence-electron chi connectivity index (χ2n) is 4.76. The number of hydrogen-bond acceptors (Lipinski definition) is 3. The summed E-state index contributed by atoms with van der Waals surface area (Å²) in [6.45, 7) is 6.33. The largest absolute Gasteiger partial charge is 0.507 e. The van der Waals surface area contributed by atoms with Crippen molar-refractivity contribution in [3.05, 3.63) is 29.3 Å². The van der Waals surface area contributed by atoms with Crippen molar-refractivity contribution in [2.45, 2.75) is 26.3 Å². The molecule has 1 saturated heterocycles. The predicted molar refractivity (Wildman–Crippen MR) is 70.8 cm³/mol. The molecule has 2 rings (SSSR count). The lowest BCUT2D eigenvalue weighted by molar-refractivity contribution is 0.0700. The first-order valence-corrected chi connectivity index (χ1v) is 6.44. The third kappa shape index (κ3) is 2.48. The van der Waals surface area contributed by atoms with Crippen molar-refractivity contribution in [2.75, 3.05) is 19.6 Å². The Labute approximate surface area is 108 Å². The number of nitrogens with zero attached hydrogens (tertiary/aromatic N) is 1. The van der Waals surface area contributed by atoms with E-state index in [9.17, 15) is 9.90 Å². The van der Waals surface area contributed by atoms with Crippen LogP contribution in [0.3, 0.4) is 0 Å². The number of amides is 1. The van der Waals surface area contributed by atoms with E-state index >= 15 is 0 Å². The van der Waals surface area contributed by atoms with Crippen molar-refractivity contribution in [2.24, 2.45) is 0 Å². The van der Waals surface area contributed by atoms with Crippen LogP contribution in [0.15, 0.2) is 18.2 Å². The Morgan fingerprint density at radius 1 is 1.56 bits per heavy atom. The molecule has 18 heavy (non-hydrogen) atoms. The predicted octanol–water partition coefficient (Wildman–Crippen LogP) is 1.52. The summed E-state index contributed by atoms with van der Waals surface area (Å²) in [5.41, 5.74) is 1.35. The monoisotopic (exact) mass is 248 g/mol. The fraction of sp³-hybridized carbons (Fsp3) is 0.500. The summed E-state index contributed by atoms with van der Waals surface area (Å²) < 4.78 is 0. The van der Waals surface area contributed by atoms with Gasteiger partial charge < -0.3 is 15.3 Å². The molecule has 1 aliphatic rings. The van der Waals surface area contributed by atoms with Crippen LogP contribution >= 0.6 is 0 Å². The Morgan fingerprint density at radius 2 is 2.33 bits per heavy atom. The van der Waals surface area contributed by atoms with E-state index in [1.54, 1.807) is 12.1 Å². The summed E-state index contributed by atoms with van der Waals surface area (Å²) in [6, 6.07) is 5.43. The van der Waals surface area contributed by atoms with Crippen molar-refractivity contribution < 1.29 is 9.90 Å². The van der Waals surface area contributed by atoms with Crippen molar-refractivity contribution in [3.8, 4) is 5.75 Å². The van der Waals surface area contributed by atoms with Crippen molar-refractivity contribution in [1.29, 1.82) is 0 Å². The van der Waals surface area contributed by atoms with Gasteiger partial charge in [0.05, 0.1) is 5.56 Å². The number of nitrogens with one attached hydrogen (secondary N) is 1. The van der Waals surface area contributed by atoms with Crippen molar-refractivity contribution in [1.82, 2.24) is 10.2 Å². The molecule has 4 heteroatoms. The maximum atomic E-state index is 12.4. The Balaban J connectivity index is 2.22. The van der Waals surface area contributed by atoms with Crippen LogP contribution in [0.5, 0.6) is 5.75 Å². The van der Waals surface area contributed by atoms with Crippen LogP contribution in [0.4, 0.5) is 0 Å². The van der Waals surface area contributed by atoms with E-state index in [-0.39, 0.29) is 17.7 Å². The molecule has 1 fully saturated rings. The van der Waals surface area contributed by atoms with Crippen LogP contribution in [0.1, 0.15) is 29.3 Å². The summed E-state index contributed by atoms with van der Waals surface area (Å²) in [4.78, 5) is 14.3. The Kier molecular flexibility index (Phi) is 3.87. The number of phenols is 1. The second-order valence-corrected chi connectivity index (χ2v) is 4.76. The highest BCUT2D eigenvalue weighted by molar-refractivity contribution is 5.97. The third-order valence-electron chi connectivity index (χ3n) is 3.46. The van der Waals surface area contributed by atoms with Gasteiger partial charge in [-0.1, -0.05) is 6.07 Å². The number of hydrogen-bond donors (Lipinski definition) is 2. The molecule has 2 N–H and O–H groups in total. The summed E-state index contributed by atoms with van der Waals surface area (Å²) in [5.74, 6) is -0.00638. The van der Waals surface area contributed by atoms with Gasteiger partial charge in [-0.25, -0.2) is 0 Å². The highest BCUT2D eigenvalue weighted by Gasteiger charge is 2.27. The van der Waals surface area contributed by atoms with E-state index in [1.165, 1.54) is 0 Å². The molecule has 98 valence electrons. The zero-order chi connectivity index (χ0) is 13.1. The standard InChI is InChI=1S/C14H20N2O2/c1-3-16(11-6-7-15-9-11)14(18)12-5-4-10(2)8-13(12)17/h4-5,8,11,15,17H,3,6-7,9H2,1-2H3. The van der Waals surface area contributed by atoms with Crippen molar-refractivity contribution >= 4 is 5.91 Å². The molecular weight excluding hydrogens is 228 g/mol. The van der Waals surface area contributed by atoms with Crippen LogP contribution in [-0.4, -0.2) is 41.6 Å². The number of carbonyl (C=O) groups is 1. The topological polar surface area (TPSA) is 52.6 Å². The number of likely N-dealkylation sites (N-methyl/N-ethyl adjacent to an activating group) is 1. The molecule has 0 aliphatic carbocycles. The number of aryl methyl sites for hydroxylation is 1. The van der Waals surface area contributed by atoms with Crippen LogP contribution in [0, 0.1) is 6.92 Å². The van der Waals surface area contributed by atoms with Gasteiger partial charge in [0.25, 0.3) is 5.91 Å². The van der Waals surface area contributed by atoms with E-state index in [4.69, 9.17) is 0 Å². The average molecular weight is 248 g/mol. The van der Waals surface area contributed by atoms with Crippen molar-refractivity contribution in [3.63, 3.8) is 0 Å². The van der Waals surface area contributed by atoms with Crippen LogP contribution in [-0.2, 0) is 0 Å². The average Bonchev–Trinajstić information content (AvgIpc) is 2.83. The van der Waals surface area contributed by atoms with Gasteiger partial charge in [0.2, 0.25) is 0 Å². The quantitative estimate of drug-likeness (QED) is 0.853. The van der Waals surface area contributed by atoms with Crippen LogP contribution in [0.25, 0.3) is 0 Å². The minimum absolute atomic E-state index is 0.0735. The molecule has 1 unspecified atom stereocenters. The molecule has 1 amide bonds. The summed E-state index contributed by atoms with van der Waals surface area (Å²) >= 11 is 0. The maximum Gasteiger partial charge on any atom is 0.257 e. The molecule has 1 atom stereocenters. The Bertz CT molecular complexity index is 439. The van der Waals surface area contributed by atoms with E-state index in [2.05, 4.69) is 5.32 Å². The summed E-state index contributed by atoms with van der Waals surface area (Å²) in [7, 11) is 0. The first kappa shape index (κ1) is 12.9. The summed E-state index contributed by atoms with van der Waals surface area (Å²) in [5, 5.41) is 13.1. The fourth-order valence-corrected chi connectivity index (χ4v) is 2.45. The van der Waals surface area contributed by atoms with E-state index in [0.717, 1.165) is 25.1 Å². The van der Waals surface area contributed by atoms with Gasteiger partial charge in [0.1, 0.15) is 5.75 Å². The smallest absolute Gasteiger partial charge is 0.257 e. The highest BCUT2D eigenvalue weighted by atomic mass is 16.3. The zero-order valence-corrected chi connectivity index (χ0v) is 10.9. The Hall–Kier alpha value is -1.55. The normalized spacial score (nSPS) is 18.9. The van der Waals surface area contributed by atoms with Gasteiger partial charge in [-0.05, 0) is 44.5 Å².